The van der Waals surface area contributed by atoms with Crippen LogP contribution < -0.4 is 5.32 Å². The minimum Gasteiger partial charge on any atom is -0.313 e. The topological polar surface area (TPSA) is 55.2 Å². The quantitative estimate of drug-likeness (QED) is 0.477. The first-order valence-corrected chi connectivity index (χ1v) is 7.16. The molecule has 4 heteroatoms. The molecule has 110 valence electrons. The monoisotopic (exact) mass is 284 g/mol. The molecule has 0 spiro atoms. The Hall–Kier alpha value is -2.20. The fraction of sp³-hybridized carbons (Fsp3) is 0.294. The molecule has 0 radical (unpaired) electrons. The number of nitrogens with one attached hydrogen (secondary N) is 1. The van der Waals surface area contributed by atoms with Gasteiger partial charge in [-0.2, -0.15) is 0 Å². The molecule has 1 unspecified atom stereocenters. The van der Waals surface area contributed by atoms with Crippen LogP contribution in [-0.4, -0.2) is 11.5 Å². The molecule has 0 heterocycles. The van der Waals surface area contributed by atoms with Gasteiger partial charge in [-0.25, -0.2) is 0 Å². The lowest BCUT2D eigenvalue weighted by Crippen LogP contribution is -2.16. The largest absolute Gasteiger partial charge is 0.313 e. The zero-order valence-electron chi connectivity index (χ0n) is 12.2. The van der Waals surface area contributed by atoms with Gasteiger partial charge in [-0.15, -0.1) is 0 Å². The molecule has 2 rings (SSSR count). The standard InChI is InChI=1S/C17H20N2O2/c1-14(16-5-3-2-4-6-16)11-12-18-13-15-7-9-17(10-8-15)19(20)21/h2-10,14,18H,11-13H2,1H3. The summed E-state index contributed by atoms with van der Waals surface area (Å²) >= 11 is 0. The van der Waals surface area contributed by atoms with Crippen molar-refractivity contribution in [3.63, 3.8) is 0 Å². The Labute approximate surface area is 125 Å². The first-order chi connectivity index (χ1) is 10.2. The van der Waals surface area contributed by atoms with Crippen LogP contribution in [0.4, 0.5) is 5.69 Å². The van der Waals surface area contributed by atoms with E-state index in [1.54, 1.807) is 24.3 Å². The second kappa shape index (κ2) is 7.55. The summed E-state index contributed by atoms with van der Waals surface area (Å²) in [6.45, 7) is 3.88. The Morgan fingerprint density at radius 3 is 2.38 bits per heavy atom. The molecule has 21 heavy (non-hydrogen) atoms. The number of rotatable bonds is 7. The highest BCUT2D eigenvalue weighted by Crippen LogP contribution is 2.17. The molecule has 0 aliphatic heterocycles. The highest BCUT2D eigenvalue weighted by atomic mass is 16.6. The van der Waals surface area contributed by atoms with Gasteiger partial charge < -0.3 is 5.32 Å². The van der Waals surface area contributed by atoms with Crippen molar-refractivity contribution in [2.24, 2.45) is 0 Å². The number of hydrogen-bond acceptors (Lipinski definition) is 3. The predicted octanol–water partition coefficient (Wildman–Crippen LogP) is 3.88. The lowest BCUT2D eigenvalue weighted by molar-refractivity contribution is -0.384. The van der Waals surface area contributed by atoms with Crippen LogP contribution in [0.5, 0.6) is 0 Å². The fourth-order valence-corrected chi connectivity index (χ4v) is 2.24. The van der Waals surface area contributed by atoms with E-state index in [4.69, 9.17) is 0 Å². The molecule has 2 aromatic carbocycles. The molecule has 0 aliphatic carbocycles. The molecule has 0 fully saturated rings. The van der Waals surface area contributed by atoms with Crippen molar-refractivity contribution in [3.05, 3.63) is 75.8 Å². The van der Waals surface area contributed by atoms with Crippen LogP contribution in [0.15, 0.2) is 54.6 Å². The Kier molecular flexibility index (Phi) is 5.46. The Balaban J connectivity index is 1.73. The summed E-state index contributed by atoms with van der Waals surface area (Å²) in [5.41, 5.74) is 2.55. The molecule has 0 aromatic heterocycles. The van der Waals surface area contributed by atoms with Crippen molar-refractivity contribution in [3.8, 4) is 0 Å². The molecular formula is C17H20N2O2. The SMILES string of the molecule is CC(CCNCc1ccc([N+](=O)[O-])cc1)c1ccccc1. The maximum absolute atomic E-state index is 10.6. The number of benzene rings is 2. The molecule has 4 nitrogen and oxygen atoms in total. The van der Waals surface area contributed by atoms with Gasteiger partial charge in [0.25, 0.3) is 5.69 Å². The van der Waals surface area contributed by atoms with Crippen molar-refractivity contribution in [2.75, 3.05) is 6.54 Å². The summed E-state index contributed by atoms with van der Waals surface area (Å²) in [6, 6.07) is 17.2. The summed E-state index contributed by atoms with van der Waals surface area (Å²) in [5.74, 6) is 0.524. The molecule has 1 N–H and O–H groups in total. The van der Waals surface area contributed by atoms with Crippen LogP contribution in [0, 0.1) is 10.1 Å². The van der Waals surface area contributed by atoms with E-state index in [0.717, 1.165) is 25.1 Å². The maximum atomic E-state index is 10.6. The second-order valence-corrected chi connectivity index (χ2v) is 5.20. The van der Waals surface area contributed by atoms with Crippen molar-refractivity contribution < 1.29 is 4.92 Å². The van der Waals surface area contributed by atoms with Gasteiger partial charge in [0.1, 0.15) is 0 Å². The van der Waals surface area contributed by atoms with Gasteiger partial charge in [-0.1, -0.05) is 49.4 Å². The Morgan fingerprint density at radius 2 is 1.76 bits per heavy atom. The van der Waals surface area contributed by atoms with Gasteiger partial charge >= 0.3 is 0 Å². The molecule has 1 atom stereocenters. The number of nitro groups is 1. The average Bonchev–Trinajstić information content (AvgIpc) is 2.52. The van der Waals surface area contributed by atoms with E-state index < -0.39 is 0 Å². The third-order valence-electron chi connectivity index (χ3n) is 3.60. The number of nitro benzene ring substituents is 1. The van der Waals surface area contributed by atoms with E-state index in [9.17, 15) is 10.1 Å². The van der Waals surface area contributed by atoms with Crippen LogP contribution in [0.25, 0.3) is 0 Å². The van der Waals surface area contributed by atoms with Gasteiger partial charge in [-0.3, -0.25) is 10.1 Å². The van der Waals surface area contributed by atoms with E-state index in [2.05, 4.69) is 36.5 Å². The highest BCUT2D eigenvalue weighted by Gasteiger charge is 2.05. The average molecular weight is 284 g/mol. The van der Waals surface area contributed by atoms with E-state index in [1.807, 2.05) is 6.07 Å². The molecule has 0 amide bonds. The van der Waals surface area contributed by atoms with Gasteiger partial charge in [0.2, 0.25) is 0 Å². The number of nitrogens with zero attached hydrogens (tertiary/aromatic N) is 1. The minimum absolute atomic E-state index is 0.136. The molecule has 0 saturated heterocycles. The fourth-order valence-electron chi connectivity index (χ4n) is 2.24. The third-order valence-corrected chi connectivity index (χ3v) is 3.60. The maximum Gasteiger partial charge on any atom is 0.269 e. The second-order valence-electron chi connectivity index (χ2n) is 5.20. The van der Waals surface area contributed by atoms with Gasteiger partial charge in [-0.05, 0) is 30.0 Å². The van der Waals surface area contributed by atoms with Crippen LogP contribution >= 0.6 is 0 Å². The first-order valence-electron chi connectivity index (χ1n) is 7.16. The highest BCUT2D eigenvalue weighted by molar-refractivity contribution is 5.32. The van der Waals surface area contributed by atoms with Gasteiger partial charge in [0.05, 0.1) is 4.92 Å². The Bertz CT molecular complexity index is 567. The lowest BCUT2D eigenvalue weighted by atomic mass is 9.98. The van der Waals surface area contributed by atoms with E-state index in [0.29, 0.717) is 5.92 Å². The van der Waals surface area contributed by atoms with E-state index in [1.165, 1.54) is 5.56 Å². The molecule has 0 saturated carbocycles. The van der Waals surface area contributed by atoms with Crippen LogP contribution in [0.2, 0.25) is 0 Å². The van der Waals surface area contributed by atoms with Gasteiger partial charge in [0, 0.05) is 18.7 Å². The molecule has 2 aromatic rings. The van der Waals surface area contributed by atoms with Gasteiger partial charge in [0.15, 0.2) is 0 Å². The summed E-state index contributed by atoms with van der Waals surface area (Å²) in [4.78, 5) is 10.2. The van der Waals surface area contributed by atoms with E-state index in [-0.39, 0.29) is 10.6 Å². The van der Waals surface area contributed by atoms with Crippen molar-refractivity contribution in [2.45, 2.75) is 25.8 Å². The summed E-state index contributed by atoms with van der Waals surface area (Å²) in [6.07, 6.45) is 1.07. The smallest absolute Gasteiger partial charge is 0.269 e. The number of hydrogen-bond donors (Lipinski definition) is 1. The minimum atomic E-state index is -0.376. The summed E-state index contributed by atoms with van der Waals surface area (Å²) in [7, 11) is 0. The zero-order chi connectivity index (χ0) is 15.1. The first kappa shape index (κ1) is 15.2. The molecule has 0 aliphatic rings. The van der Waals surface area contributed by atoms with Crippen molar-refractivity contribution >= 4 is 5.69 Å². The number of non-ortho nitro benzene ring substituents is 1. The lowest BCUT2D eigenvalue weighted by Gasteiger charge is -2.12. The van der Waals surface area contributed by atoms with Crippen LogP contribution in [0.3, 0.4) is 0 Å². The van der Waals surface area contributed by atoms with Crippen LogP contribution in [0.1, 0.15) is 30.4 Å². The van der Waals surface area contributed by atoms with Crippen molar-refractivity contribution in [1.29, 1.82) is 0 Å². The predicted molar refractivity (Wildman–Crippen MR) is 84.3 cm³/mol. The van der Waals surface area contributed by atoms with Crippen LogP contribution in [-0.2, 0) is 6.54 Å². The van der Waals surface area contributed by atoms with Crippen molar-refractivity contribution in [1.82, 2.24) is 5.32 Å². The van der Waals surface area contributed by atoms with E-state index >= 15 is 0 Å². The molecule has 0 bridgehead atoms. The summed E-state index contributed by atoms with van der Waals surface area (Å²) < 4.78 is 0. The zero-order valence-corrected chi connectivity index (χ0v) is 12.2. The molecular weight excluding hydrogens is 264 g/mol. The summed E-state index contributed by atoms with van der Waals surface area (Å²) in [5, 5.41) is 14.0. The third kappa shape index (κ3) is 4.68. The normalized spacial score (nSPS) is 12.0. The Morgan fingerprint density at radius 1 is 1.10 bits per heavy atom.